The Bertz CT molecular complexity index is 616. The molecule has 2 aliphatic heterocycles. The average molecular weight is 330 g/mol. The van der Waals surface area contributed by atoms with E-state index in [-0.39, 0.29) is 30.3 Å². The van der Waals surface area contributed by atoms with E-state index in [9.17, 15) is 4.79 Å². The van der Waals surface area contributed by atoms with Gasteiger partial charge >= 0.3 is 7.12 Å². The van der Waals surface area contributed by atoms with Gasteiger partial charge in [0, 0.05) is 6.54 Å². The van der Waals surface area contributed by atoms with Gasteiger partial charge in [0.15, 0.2) is 0 Å². The second-order valence-electron chi connectivity index (χ2n) is 7.86. The van der Waals surface area contributed by atoms with Crippen LogP contribution in [0.4, 0.5) is 0 Å². The highest BCUT2D eigenvalue weighted by Gasteiger charge is 2.51. The van der Waals surface area contributed by atoms with E-state index in [4.69, 9.17) is 15.0 Å². The number of amides is 1. The fourth-order valence-corrected chi connectivity index (χ4v) is 3.39. The van der Waals surface area contributed by atoms with Gasteiger partial charge in [-0.15, -0.1) is 0 Å². The highest BCUT2D eigenvalue weighted by Crippen LogP contribution is 2.36. The number of hydrogen-bond donors (Lipinski definition) is 1. The van der Waals surface area contributed by atoms with Crippen molar-refractivity contribution >= 4 is 18.5 Å². The van der Waals surface area contributed by atoms with Crippen molar-refractivity contribution in [2.45, 2.75) is 64.3 Å². The summed E-state index contributed by atoms with van der Waals surface area (Å²) in [6, 6.07) is 8.08. The highest BCUT2D eigenvalue weighted by molar-refractivity contribution is 6.62. The van der Waals surface area contributed by atoms with Crippen molar-refractivity contribution in [1.82, 2.24) is 4.90 Å². The molecule has 1 amide bonds. The standard InChI is InChI=1S/C18H27BN2O3/c1-17(2)18(3,4)24-19(23-17)14-8-5-7-13(11-14)12-21-10-6-9-15(21)16(20)22/h5,7-8,11,15H,6,9-10,12H2,1-4H3,(H2,20,22). The van der Waals surface area contributed by atoms with Crippen molar-refractivity contribution in [2.24, 2.45) is 5.73 Å². The summed E-state index contributed by atoms with van der Waals surface area (Å²) >= 11 is 0. The van der Waals surface area contributed by atoms with Gasteiger partial charge in [-0.25, -0.2) is 0 Å². The summed E-state index contributed by atoms with van der Waals surface area (Å²) in [6.45, 7) is 9.85. The predicted molar refractivity (Wildman–Crippen MR) is 94.8 cm³/mol. The minimum Gasteiger partial charge on any atom is -0.399 e. The van der Waals surface area contributed by atoms with Crippen LogP contribution in [0.15, 0.2) is 24.3 Å². The second-order valence-corrected chi connectivity index (χ2v) is 7.86. The molecule has 130 valence electrons. The van der Waals surface area contributed by atoms with E-state index in [1.165, 1.54) is 0 Å². The minimum atomic E-state index is -0.361. The first kappa shape index (κ1) is 17.5. The molecule has 3 rings (SSSR count). The van der Waals surface area contributed by atoms with Gasteiger partial charge in [-0.3, -0.25) is 9.69 Å². The molecule has 1 unspecified atom stereocenters. The van der Waals surface area contributed by atoms with Gasteiger partial charge in [0.1, 0.15) is 0 Å². The summed E-state index contributed by atoms with van der Waals surface area (Å²) in [7, 11) is -0.361. The minimum absolute atomic E-state index is 0.148. The molecule has 0 bridgehead atoms. The Morgan fingerprint density at radius 3 is 2.58 bits per heavy atom. The van der Waals surface area contributed by atoms with Crippen LogP contribution in [-0.4, -0.2) is 41.7 Å². The Morgan fingerprint density at radius 2 is 1.96 bits per heavy atom. The molecule has 1 aromatic carbocycles. The van der Waals surface area contributed by atoms with E-state index in [0.29, 0.717) is 0 Å². The predicted octanol–water partition coefficient (Wildman–Crippen LogP) is 1.44. The molecule has 0 radical (unpaired) electrons. The lowest BCUT2D eigenvalue weighted by molar-refractivity contribution is -0.122. The van der Waals surface area contributed by atoms with E-state index < -0.39 is 0 Å². The lowest BCUT2D eigenvalue weighted by atomic mass is 9.78. The summed E-state index contributed by atoms with van der Waals surface area (Å²) in [5.41, 5.74) is 6.98. The molecule has 0 spiro atoms. The number of likely N-dealkylation sites (tertiary alicyclic amines) is 1. The van der Waals surface area contributed by atoms with Crippen LogP contribution in [0.1, 0.15) is 46.1 Å². The molecule has 0 saturated carbocycles. The maximum Gasteiger partial charge on any atom is 0.494 e. The number of nitrogens with two attached hydrogens (primary N) is 1. The first-order valence-electron chi connectivity index (χ1n) is 8.67. The molecule has 24 heavy (non-hydrogen) atoms. The van der Waals surface area contributed by atoms with Crippen molar-refractivity contribution in [3.8, 4) is 0 Å². The van der Waals surface area contributed by atoms with Crippen LogP contribution in [0.25, 0.3) is 0 Å². The monoisotopic (exact) mass is 330 g/mol. The van der Waals surface area contributed by atoms with Crippen LogP contribution < -0.4 is 11.2 Å². The third kappa shape index (κ3) is 3.23. The fraction of sp³-hybridized carbons (Fsp3) is 0.611. The van der Waals surface area contributed by atoms with Crippen molar-refractivity contribution in [3.63, 3.8) is 0 Å². The topological polar surface area (TPSA) is 64.8 Å². The molecular weight excluding hydrogens is 303 g/mol. The molecule has 6 heteroatoms. The SMILES string of the molecule is CC1(C)OB(c2cccc(CN3CCCC3C(N)=O)c2)OC1(C)C. The summed E-state index contributed by atoms with van der Waals surface area (Å²) < 4.78 is 12.2. The molecule has 2 heterocycles. The zero-order valence-electron chi connectivity index (χ0n) is 15.0. The number of benzene rings is 1. The van der Waals surface area contributed by atoms with Crippen LogP contribution in [0, 0.1) is 0 Å². The number of carbonyl (C=O) groups excluding carboxylic acids is 1. The summed E-state index contributed by atoms with van der Waals surface area (Å²) in [5.74, 6) is -0.227. The summed E-state index contributed by atoms with van der Waals surface area (Å²) in [5, 5.41) is 0. The Morgan fingerprint density at radius 1 is 1.29 bits per heavy atom. The van der Waals surface area contributed by atoms with E-state index >= 15 is 0 Å². The van der Waals surface area contributed by atoms with Crippen molar-refractivity contribution < 1.29 is 14.1 Å². The first-order valence-corrected chi connectivity index (χ1v) is 8.67. The van der Waals surface area contributed by atoms with Gasteiger partial charge in [0.2, 0.25) is 5.91 Å². The molecule has 5 nitrogen and oxygen atoms in total. The Hall–Kier alpha value is -1.37. The first-order chi connectivity index (χ1) is 11.2. The molecule has 0 aromatic heterocycles. The number of carbonyl (C=O) groups is 1. The third-order valence-electron chi connectivity index (χ3n) is 5.55. The largest absolute Gasteiger partial charge is 0.494 e. The van der Waals surface area contributed by atoms with E-state index in [1.807, 2.05) is 12.1 Å². The van der Waals surface area contributed by atoms with E-state index in [1.54, 1.807) is 0 Å². The molecule has 2 N–H and O–H groups in total. The summed E-state index contributed by atoms with van der Waals surface area (Å²) in [6.07, 6.45) is 1.87. The quantitative estimate of drug-likeness (QED) is 0.849. The van der Waals surface area contributed by atoms with E-state index in [0.717, 1.165) is 37.0 Å². The molecule has 1 aromatic rings. The lowest BCUT2D eigenvalue weighted by Crippen LogP contribution is -2.41. The summed E-state index contributed by atoms with van der Waals surface area (Å²) in [4.78, 5) is 13.7. The maximum absolute atomic E-state index is 11.6. The van der Waals surface area contributed by atoms with Crippen LogP contribution >= 0.6 is 0 Å². The Labute approximate surface area is 144 Å². The number of nitrogens with zero attached hydrogens (tertiary/aromatic N) is 1. The smallest absolute Gasteiger partial charge is 0.399 e. The maximum atomic E-state index is 11.6. The molecule has 1 atom stereocenters. The zero-order chi connectivity index (χ0) is 17.5. The normalized spacial score (nSPS) is 26.0. The molecule has 0 aliphatic carbocycles. The Kier molecular flexibility index (Phi) is 4.49. The lowest BCUT2D eigenvalue weighted by Gasteiger charge is -2.32. The fourth-order valence-electron chi connectivity index (χ4n) is 3.39. The van der Waals surface area contributed by atoms with Gasteiger partial charge in [-0.1, -0.05) is 24.3 Å². The van der Waals surface area contributed by atoms with Gasteiger partial charge in [0.25, 0.3) is 0 Å². The van der Waals surface area contributed by atoms with Gasteiger partial charge in [-0.05, 0) is 58.1 Å². The number of rotatable bonds is 4. The van der Waals surface area contributed by atoms with Crippen LogP contribution in [0.5, 0.6) is 0 Å². The van der Waals surface area contributed by atoms with E-state index in [2.05, 4.69) is 44.7 Å². The molecule has 2 saturated heterocycles. The van der Waals surface area contributed by atoms with Crippen molar-refractivity contribution in [3.05, 3.63) is 29.8 Å². The molecule has 2 fully saturated rings. The second kappa shape index (κ2) is 6.17. The average Bonchev–Trinajstić information content (AvgIpc) is 3.02. The van der Waals surface area contributed by atoms with Gasteiger partial charge in [-0.2, -0.15) is 0 Å². The van der Waals surface area contributed by atoms with Crippen LogP contribution in [-0.2, 0) is 20.6 Å². The van der Waals surface area contributed by atoms with Gasteiger partial charge in [0.05, 0.1) is 17.2 Å². The zero-order valence-corrected chi connectivity index (χ0v) is 15.0. The van der Waals surface area contributed by atoms with Crippen LogP contribution in [0.2, 0.25) is 0 Å². The highest BCUT2D eigenvalue weighted by atomic mass is 16.7. The third-order valence-corrected chi connectivity index (χ3v) is 5.55. The van der Waals surface area contributed by atoms with Crippen molar-refractivity contribution in [2.75, 3.05) is 6.54 Å². The number of hydrogen-bond acceptors (Lipinski definition) is 4. The molecule has 2 aliphatic rings. The van der Waals surface area contributed by atoms with Gasteiger partial charge < -0.3 is 15.0 Å². The van der Waals surface area contributed by atoms with Crippen LogP contribution in [0.3, 0.4) is 0 Å². The molecular formula is C18H27BN2O3. The Balaban J connectivity index is 1.75. The number of primary amides is 1. The van der Waals surface area contributed by atoms with Crippen molar-refractivity contribution in [1.29, 1.82) is 0 Å².